The second kappa shape index (κ2) is 6.96. The quantitative estimate of drug-likeness (QED) is 0.555. The van der Waals surface area contributed by atoms with Crippen LogP contribution < -0.4 is 0 Å². The van der Waals surface area contributed by atoms with Crippen molar-refractivity contribution in [3.05, 3.63) is 92.9 Å². The Kier molecular flexibility index (Phi) is 5.11. The lowest BCUT2D eigenvalue weighted by atomic mass is 9.81. The van der Waals surface area contributed by atoms with Gasteiger partial charge < -0.3 is 9.47 Å². The molecule has 0 amide bonds. The molecule has 0 aliphatic heterocycles. The van der Waals surface area contributed by atoms with E-state index in [0.29, 0.717) is 0 Å². The molecule has 0 saturated carbocycles. The number of rotatable bonds is 4. The number of benzene rings is 2. The van der Waals surface area contributed by atoms with Crippen molar-refractivity contribution in [1.82, 2.24) is 0 Å². The summed E-state index contributed by atoms with van der Waals surface area (Å²) < 4.78 is 13.8. The Morgan fingerprint density at radius 1 is 0.583 bits per heavy atom. The van der Waals surface area contributed by atoms with Gasteiger partial charge >= 0.3 is 0 Å². The smallest absolute Gasteiger partial charge is 0.129 e. The van der Waals surface area contributed by atoms with Crippen molar-refractivity contribution >= 4 is 31.9 Å². The molecule has 0 unspecified atom stereocenters. The molecule has 1 aliphatic carbocycles. The molecule has 0 spiro atoms. The summed E-state index contributed by atoms with van der Waals surface area (Å²) >= 11 is 6.95. The van der Waals surface area contributed by atoms with Crippen LogP contribution in [-0.2, 0) is 20.7 Å². The van der Waals surface area contributed by atoms with Gasteiger partial charge in [0.25, 0.3) is 0 Å². The maximum absolute atomic E-state index is 5.85. The number of methoxy groups -OCH3 is 2. The van der Waals surface area contributed by atoms with Gasteiger partial charge in [-0.2, -0.15) is 0 Å². The fourth-order valence-electron chi connectivity index (χ4n) is 2.92. The predicted octanol–water partition coefficient (Wildman–Crippen LogP) is 5.72. The van der Waals surface area contributed by atoms with Gasteiger partial charge in [-0.3, -0.25) is 0 Å². The van der Waals surface area contributed by atoms with E-state index in [1.165, 1.54) is 0 Å². The van der Waals surface area contributed by atoms with Crippen molar-refractivity contribution < 1.29 is 9.47 Å². The molecule has 2 aromatic rings. The highest BCUT2D eigenvalue weighted by Crippen LogP contribution is 2.40. The van der Waals surface area contributed by atoms with Gasteiger partial charge in [0.2, 0.25) is 0 Å². The lowest BCUT2D eigenvalue weighted by Crippen LogP contribution is -2.33. The third-order valence-electron chi connectivity index (χ3n) is 4.42. The van der Waals surface area contributed by atoms with Crippen LogP contribution in [0.2, 0.25) is 0 Å². The molecule has 3 rings (SSSR count). The average Bonchev–Trinajstić information content (AvgIpc) is 2.63. The first-order valence-corrected chi connectivity index (χ1v) is 9.15. The topological polar surface area (TPSA) is 18.5 Å². The normalized spacial score (nSPS) is 25.8. The fourth-order valence-corrected chi connectivity index (χ4v) is 3.45. The number of halogens is 2. The van der Waals surface area contributed by atoms with Crippen molar-refractivity contribution in [2.24, 2.45) is 0 Å². The minimum Gasteiger partial charge on any atom is -0.365 e. The zero-order valence-corrected chi connectivity index (χ0v) is 16.7. The minimum atomic E-state index is -0.585. The highest BCUT2D eigenvalue weighted by molar-refractivity contribution is 9.10. The summed E-state index contributed by atoms with van der Waals surface area (Å²) in [5, 5.41) is 0. The first-order chi connectivity index (χ1) is 11.5. The number of ether oxygens (including phenoxy) is 2. The summed E-state index contributed by atoms with van der Waals surface area (Å²) in [5.74, 6) is 0. The maximum atomic E-state index is 5.85. The van der Waals surface area contributed by atoms with E-state index in [9.17, 15) is 0 Å². The molecule has 0 heterocycles. The molecule has 0 atom stereocenters. The third-order valence-corrected chi connectivity index (χ3v) is 5.48. The van der Waals surface area contributed by atoms with Crippen LogP contribution in [0.5, 0.6) is 0 Å². The summed E-state index contributed by atoms with van der Waals surface area (Å²) in [4.78, 5) is 0. The van der Waals surface area contributed by atoms with E-state index in [1.807, 2.05) is 24.3 Å². The van der Waals surface area contributed by atoms with Crippen LogP contribution in [0.1, 0.15) is 11.1 Å². The monoisotopic (exact) mass is 448 g/mol. The lowest BCUT2D eigenvalue weighted by molar-refractivity contribution is 0.0421. The standard InChI is InChI=1S/C20H18Br2O2/c1-23-19(15-3-7-17(21)8-4-15)11-13-20(24-2,14-12-19)16-5-9-18(22)10-6-16/h3-14H,1-2H3. The van der Waals surface area contributed by atoms with Crippen molar-refractivity contribution in [2.45, 2.75) is 11.2 Å². The van der Waals surface area contributed by atoms with Crippen molar-refractivity contribution in [1.29, 1.82) is 0 Å². The summed E-state index contributed by atoms with van der Waals surface area (Å²) in [7, 11) is 3.44. The largest absolute Gasteiger partial charge is 0.365 e. The molecular formula is C20H18Br2O2. The van der Waals surface area contributed by atoms with Crippen LogP contribution in [0.3, 0.4) is 0 Å². The molecule has 4 heteroatoms. The maximum Gasteiger partial charge on any atom is 0.129 e. The average molecular weight is 450 g/mol. The summed E-state index contributed by atoms with van der Waals surface area (Å²) in [5.41, 5.74) is 0.971. The zero-order chi connectivity index (χ0) is 17.2. The summed E-state index contributed by atoms with van der Waals surface area (Å²) in [6, 6.07) is 16.3. The molecule has 124 valence electrons. The first kappa shape index (κ1) is 17.6. The van der Waals surface area contributed by atoms with E-state index in [2.05, 4.69) is 80.4 Å². The Hall–Kier alpha value is -1.20. The Morgan fingerprint density at radius 3 is 1.12 bits per heavy atom. The van der Waals surface area contributed by atoms with E-state index < -0.39 is 11.2 Å². The van der Waals surface area contributed by atoms with Crippen LogP contribution >= 0.6 is 31.9 Å². The minimum absolute atomic E-state index is 0.585. The van der Waals surface area contributed by atoms with Crippen molar-refractivity contribution in [3.63, 3.8) is 0 Å². The molecule has 0 bridgehead atoms. The predicted molar refractivity (Wildman–Crippen MR) is 104 cm³/mol. The molecular weight excluding hydrogens is 432 g/mol. The Balaban J connectivity index is 2.00. The molecule has 0 N–H and O–H groups in total. The number of hydrogen-bond donors (Lipinski definition) is 0. The van der Waals surface area contributed by atoms with Gasteiger partial charge in [-0.05, 0) is 59.7 Å². The van der Waals surface area contributed by atoms with Gasteiger partial charge in [-0.15, -0.1) is 0 Å². The van der Waals surface area contributed by atoms with Crippen molar-refractivity contribution in [3.8, 4) is 0 Å². The lowest BCUT2D eigenvalue weighted by Gasteiger charge is -2.36. The second-order valence-corrected chi connectivity index (χ2v) is 7.51. The molecule has 0 radical (unpaired) electrons. The molecule has 24 heavy (non-hydrogen) atoms. The van der Waals surface area contributed by atoms with E-state index in [0.717, 1.165) is 20.1 Å². The van der Waals surface area contributed by atoms with Gasteiger partial charge in [0.05, 0.1) is 0 Å². The van der Waals surface area contributed by atoms with Crippen LogP contribution in [0.4, 0.5) is 0 Å². The first-order valence-electron chi connectivity index (χ1n) is 7.57. The van der Waals surface area contributed by atoms with Crippen LogP contribution in [-0.4, -0.2) is 14.2 Å². The van der Waals surface area contributed by atoms with Gasteiger partial charge in [-0.25, -0.2) is 0 Å². The molecule has 0 fully saturated rings. The highest BCUT2D eigenvalue weighted by Gasteiger charge is 2.36. The second-order valence-electron chi connectivity index (χ2n) is 5.67. The molecule has 2 aromatic carbocycles. The molecule has 0 saturated heterocycles. The van der Waals surface area contributed by atoms with E-state index >= 15 is 0 Å². The van der Waals surface area contributed by atoms with Crippen LogP contribution in [0.15, 0.2) is 81.8 Å². The van der Waals surface area contributed by atoms with Crippen LogP contribution in [0, 0.1) is 0 Å². The van der Waals surface area contributed by atoms with Gasteiger partial charge in [-0.1, -0.05) is 56.1 Å². The van der Waals surface area contributed by atoms with E-state index in [-0.39, 0.29) is 0 Å². The summed E-state index contributed by atoms with van der Waals surface area (Å²) in [6.07, 6.45) is 8.23. The molecule has 2 nitrogen and oxygen atoms in total. The SMILES string of the molecule is COC1(c2ccc(Br)cc2)C=CC(OC)(c2ccc(Br)cc2)C=C1. The third kappa shape index (κ3) is 3.16. The zero-order valence-electron chi connectivity index (χ0n) is 13.5. The Labute approximate surface area is 159 Å². The Morgan fingerprint density at radius 2 is 0.875 bits per heavy atom. The fraction of sp³-hybridized carbons (Fsp3) is 0.200. The number of hydrogen-bond acceptors (Lipinski definition) is 2. The Bertz CT molecular complexity index is 682. The summed E-state index contributed by atoms with van der Waals surface area (Å²) in [6.45, 7) is 0. The van der Waals surface area contributed by atoms with Gasteiger partial charge in [0.15, 0.2) is 0 Å². The van der Waals surface area contributed by atoms with E-state index in [1.54, 1.807) is 14.2 Å². The van der Waals surface area contributed by atoms with Gasteiger partial charge in [0, 0.05) is 23.2 Å². The van der Waals surface area contributed by atoms with Crippen molar-refractivity contribution in [2.75, 3.05) is 14.2 Å². The van der Waals surface area contributed by atoms with Gasteiger partial charge in [0.1, 0.15) is 11.2 Å². The molecule has 0 aromatic heterocycles. The molecule has 1 aliphatic rings. The highest BCUT2D eigenvalue weighted by atomic mass is 79.9. The van der Waals surface area contributed by atoms with E-state index in [4.69, 9.17) is 9.47 Å². The van der Waals surface area contributed by atoms with Crippen LogP contribution in [0.25, 0.3) is 0 Å².